The average molecular weight is 249 g/mol. The van der Waals surface area contributed by atoms with E-state index in [2.05, 4.69) is 13.8 Å². The molecule has 18 heavy (non-hydrogen) atoms. The fraction of sp³-hybridized carbons (Fsp3) is 0.625. The fourth-order valence-corrected chi connectivity index (χ4v) is 2.81. The molecule has 0 aliphatic heterocycles. The van der Waals surface area contributed by atoms with Gasteiger partial charge in [0.25, 0.3) is 0 Å². The fourth-order valence-electron chi connectivity index (χ4n) is 2.81. The lowest BCUT2D eigenvalue weighted by molar-refractivity contribution is 0.164. The molecule has 1 fully saturated rings. The highest BCUT2D eigenvalue weighted by atomic mass is 19.1. The van der Waals surface area contributed by atoms with Crippen LogP contribution >= 0.6 is 0 Å². The molecule has 1 aliphatic rings. The van der Waals surface area contributed by atoms with Crippen LogP contribution in [-0.4, -0.2) is 5.54 Å². The minimum absolute atomic E-state index is 0.145. The second-order valence-corrected chi connectivity index (χ2v) is 6.77. The first kappa shape index (κ1) is 13.5. The number of nitrogens with two attached hydrogens (primary N) is 1. The maximum Gasteiger partial charge on any atom is 0.123 e. The van der Waals surface area contributed by atoms with E-state index < -0.39 is 0 Å². The number of aryl methyl sites for hydroxylation is 1. The summed E-state index contributed by atoms with van der Waals surface area (Å²) in [5, 5.41) is 0. The summed E-state index contributed by atoms with van der Waals surface area (Å²) in [4.78, 5) is 0. The maximum absolute atomic E-state index is 13.3. The Hall–Kier alpha value is -0.890. The summed E-state index contributed by atoms with van der Waals surface area (Å²) in [5.74, 6) is -0.157. The highest BCUT2D eigenvalue weighted by Gasteiger charge is 2.35. The number of halogens is 1. The lowest BCUT2D eigenvalue weighted by Gasteiger charge is -2.41. The van der Waals surface area contributed by atoms with Crippen LogP contribution < -0.4 is 5.73 Å². The van der Waals surface area contributed by atoms with Crippen LogP contribution in [0.4, 0.5) is 4.39 Å². The van der Waals surface area contributed by atoms with Crippen LogP contribution in [0.25, 0.3) is 0 Å². The van der Waals surface area contributed by atoms with Crippen LogP contribution in [0.2, 0.25) is 0 Å². The van der Waals surface area contributed by atoms with Crippen LogP contribution in [-0.2, 0) is 6.42 Å². The molecule has 0 saturated heterocycles. The Morgan fingerprint density at radius 3 is 2.39 bits per heavy atom. The summed E-state index contributed by atoms with van der Waals surface area (Å²) < 4.78 is 13.3. The summed E-state index contributed by atoms with van der Waals surface area (Å²) in [6, 6.07) is 5.01. The van der Waals surface area contributed by atoms with E-state index >= 15 is 0 Å². The highest BCUT2D eigenvalue weighted by Crippen LogP contribution is 2.40. The van der Waals surface area contributed by atoms with E-state index in [4.69, 9.17) is 5.73 Å². The first-order chi connectivity index (χ1) is 8.30. The third-order valence-corrected chi connectivity index (χ3v) is 4.45. The third kappa shape index (κ3) is 3.11. The van der Waals surface area contributed by atoms with Gasteiger partial charge in [-0.25, -0.2) is 4.39 Å². The Morgan fingerprint density at radius 2 is 1.78 bits per heavy atom. The summed E-state index contributed by atoms with van der Waals surface area (Å²) in [6.45, 7) is 6.64. The molecule has 1 aliphatic carbocycles. The second kappa shape index (κ2) is 4.65. The molecule has 0 unspecified atom stereocenters. The van der Waals surface area contributed by atoms with Crippen LogP contribution in [0, 0.1) is 18.2 Å². The molecule has 1 aromatic carbocycles. The number of rotatable bonds is 2. The zero-order valence-corrected chi connectivity index (χ0v) is 11.7. The molecule has 0 heterocycles. The van der Waals surface area contributed by atoms with E-state index in [0.29, 0.717) is 5.41 Å². The van der Waals surface area contributed by atoms with E-state index in [9.17, 15) is 4.39 Å². The molecule has 2 rings (SSSR count). The van der Waals surface area contributed by atoms with Gasteiger partial charge in [-0.15, -0.1) is 0 Å². The first-order valence-corrected chi connectivity index (χ1v) is 6.84. The van der Waals surface area contributed by atoms with Crippen molar-refractivity contribution in [1.82, 2.24) is 0 Å². The van der Waals surface area contributed by atoms with E-state index in [1.165, 1.54) is 6.07 Å². The van der Waals surface area contributed by atoms with Gasteiger partial charge in [-0.2, -0.15) is 0 Å². The van der Waals surface area contributed by atoms with Gasteiger partial charge in [-0.3, -0.25) is 0 Å². The third-order valence-electron chi connectivity index (χ3n) is 4.45. The van der Waals surface area contributed by atoms with Crippen molar-refractivity contribution >= 4 is 0 Å². The Morgan fingerprint density at radius 1 is 1.17 bits per heavy atom. The molecule has 0 amide bonds. The highest BCUT2D eigenvalue weighted by molar-refractivity contribution is 5.28. The van der Waals surface area contributed by atoms with Gasteiger partial charge in [0.05, 0.1) is 0 Å². The normalized spacial score (nSPS) is 21.8. The van der Waals surface area contributed by atoms with E-state index in [1.807, 2.05) is 13.0 Å². The molecule has 0 atom stereocenters. The summed E-state index contributed by atoms with van der Waals surface area (Å²) in [7, 11) is 0. The molecular weight excluding hydrogens is 225 g/mol. The van der Waals surface area contributed by atoms with Crippen molar-refractivity contribution in [2.75, 3.05) is 0 Å². The molecule has 0 aromatic heterocycles. The number of hydrogen-bond acceptors (Lipinski definition) is 1. The summed E-state index contributed by atoms with van der Waals surface area (Å²) >= 11 is 0. The maximum atomic E-state index is 13.3. The molecule has 1 saturated carbocycles. The second-order valence-electron chi connectivity index (χ2n) is 6.77. The standard InChI is InChI=1S/C16H24FN/c1-12-4-5-14(17)10-13(12)11-16(18)8-6-15(2,3)7-9-16/h4-5,10H,6-9,11,18H2,1-3H3. The van der Waals surface area contributed by atoms with Gasteiger partial charge in [0.1, 0.15) is 5.82 Å². The molecule has 2 N–H and O–H groups in total. The lowest BCUT2D eigenvalue weighted by Crippen LogP contribution is -2.47. The van der Waals surface area contributed by atoms with Gasteiger partial charge in [0, 0.05) is 5.54 Å². The zero-order chi connectivity index (χ0) is 13.4. The molecule has 2 heteroatoms. The van der Waals surface area contributed by atoms with Gasteiger partial charge < -0.3 is 5.73 Å². The Balaban J connectivity index is 2.11. The smallest absolute Gasteiger partial charge is 0.123 e. The SMILES string of the molecule is Cc1ccc(F)cc1CC1(N)CCC(C)(C)CC1. The molecule has 1 aromatic rings. The van der Waals surface area contributed by atoms with Gasteiger partial charge >= 0.3 is 0 Å². The number of benzene rings is 1. The quantitative estimate of drug-likeness (QED) is 0.843. The Labute approximate surface area is 110 Å². The van der Waals surface area contributed by atoms with Crippen molar-refractivity contribution in [3.8, 4) is 0 Å². The van der Waals surface area contributed by atoms with E-state index in [0.717, 1.165) is 43.2 Å². The number of hydrogen-bond donors (Lipinski definition) is 1. The van der Waals surface area contributed by atoms with Gasteiger partial charge in [-0.1, -0.05) is 19.9 Å². The Bertz CT molecular complexity index is 427. The monoisotopic (exact) mass is 249 g/mol. The van der Waals surface area contributed by atoms with Crippen molar-refractivity contribution in [2.45, 2.75) is 58.4 Å². The van der Waals surface area contributed by atoms with Crippen molar-refractivity contribution < 1.29 is 4.39 Å². The molecule has 0 bridgehead atoms. The van der Waals surface area contributed by atoms with Crippen molar-refractivity contribution in [3.05, 3.63) is 35.1 Å². The summed E-state index contributed by atoms with van der Waals surface area (Å²) in [5.41, 5.74) is 8.99. The van der Waals surface area contributed by atoms with Crippen LogP contribution in [0.3, 0.4) is 0 Å². The van der Waals surface area contributed by atoms with E-state index in [-0.39, 0.29) is 11.4 Å². The van der Waals surface area contributed by atoms with E-state index in [1.54, 1.807) is 6.07 Å². The van der Waals surface area contributed by atoms with Gasteiger partial charge in [0.2, 0.25) is 0 Å². The van der Waals surface area contributed by atoms with Crippen molar-refractivity contribution in [2.24, 2.45) is 11.1 Å². The van der Waals surface area contributed by atoms with Crippen molar-refractivity contribution in [1.29, 1.82) is 0 Å². The molecule has 1 nitrogen and oxygen atoms in total. The van der Waals surface area contributed by atoms with Gasteiger partial charge in [0.15, 0.2) is 0 Å². The topological polar surface area (TPSA) is 26.0 Å². The predicted molar refractivity (Wildman–Crippen MR) is 74.0 cm³/mol. The molecular formula is C16H24FN. The van der Waals surface area contributed by atoms with Crippen LogP contribution in [0.5, 0.6) is 0 Å². The lowest BCUT2D eigenvalue weighted by atomic mass is 9.68. The van der Waals surface area contributed by atoms with Crippen LogP contribution in [0.15, 0.2) is 18.2 Å². The summed E-state index contributed by atoms with van der Waals surface area (Å²) in [6.07, 6.45) is 5.20. The minimum Gasteiger partial charge on any atom is -0.325 e. The van der Waals surface area contributed by atoms with Crippen molar-refractivity contribution in [3.63, 3.8) is 0 Å². The van der Waals surface area contributed by atoms with Crippen LogP contribution in [0.1, 0.15) is 50.7 Å². The molecule has 100 valence electrons. The zero-order valence-electron chi connectivity index (χ0n) is 11.7. The predicted octanol–water partition coefficient (Wildman–Crippen LogP) is 3.97. The largest absolute Gasteiger partial charge is 0.325 e. The first-order valence-electron chi connectivity index (χ1n) is 6.84. The molecule has 0 radical (unpaired) electrons. The van der Waals surface area contributed by atoms with Gasteiger partial charge in [-0.05, 0) is 67.7 Å². The average Bonchev–Trinajstić information content (AvgIpc) is 2.29. The Kier molecular flexibility index (Phi) is 3.50. The molecule has 0 spiro atoms. The minimum atomic E-state index is -0.157.